The molecule has 0 radical (unpaired) electrons. The Morgan fingerprint density at radius 1 is 1.67 bits per heavy atom. The molecule has 1 fully saturated rings. The molecule has 0 bridgehead atoms. The van der Waals surface area contributed by atoms with Crippen molar-refractivity contribution in [3.05, 3.63) is 11.7 Å². The summed E-state index contributed by atoms with van der Waals surface area (Å²) >= 11 is 1.92. The minimum absolute atomic E-state index is 0.395. The number of likely N-dealkylation sites (N-methyl/N-ethyl adjacent to an activating group) is 1. The fraction of sp³-hybridized carbons (Fsp3) is 0.800. The number of hydrogen-bond acceptors (Lipinski definition) is 5. The lowest BCUT2D eigenvalue weighted by molar-refractivity contribution is 0.368. The van der Waals surface area contributed by atoms with E-state index in [-0.39, 0.29) is 0 Å². The van der Waals surface area contributed by atoms with Gasteiger partial charge in [-0.1, -0.05) is 5.16 Å². The molecule has 2 heterocycles. The third-order valence-electron chi connectivity index (χ3n) is 2.67. The Morgan fingerprint density at radius 3 is 3.20 bits per heavy atom. The summed E-state index contributed by atoms with van der Waals surface area (Å²) < 4.78 is 5.28. The molecule has 1 N–H and O–H groups in total. The number of rotatable bonds is 4. The highest BCUT2D eigenvalue weighted by molar-refractivity contribution is 7.99. The van der Waals surface area contributed by atoms with Gasteiger partial charge in [0, 0.05) is 12.5 Å². The smallest absolute Gasteiger partial charge is 0.239 e. The van der Waals surface area contributed by atoms with E-state index in [0.717, 1.165) is 18.1 Å². The Balaban J connectivity index is 1.97. The predicted octanol–water partition coefficient (Wildman–Crippen LogP) is 1.79. The van der Waals surface area contributed by atoms with Gasteiger partial charge < -0.3 is 9.84 Å². The Kier molecular flexibility index (Phi) is 3.64. The molecule has 1 aliphatic heterocycles. The fourth-order valence-electron chi connectivity index (χ4n) is 1.63. The van der Waals surface area contributed by atoms with Crippen molar-refractivity contribution in [3.8, 4) is 0 Å². The molecule has 0 spiro atoms. The zero-order valence-electron chi connectivity index (χ0n) is 9.19. The number of hydrogen-bond donors (Lipinski definition) is 1. The van der Waals surface area contributed by atoms with Gasteiger partial charge in [0.1, 0.15) is 0 Å². The van der Waals surface area contributed by atoms with Gasteiger partial charge in [-0.15, -0.1) is 11.8 Å². The molecule has 1 aromatic heterocycles. The summed E-state index contributed by atoms with van der Waals surface area (Å²) in [6.45, 7) is 2.11. The highest BCUT2D eigenvalue weighted by Gasteiger charge is 2.23. The van der Waals surface area contributed by atoms with E-state index in [1.165, 1.54) is 18.6 Å². The van der Waals surface area contributed by atoms with Gasteiger partial charge in [0.2, 0.25) is 5.89 Å². The fourth-order valence-corrected chi connectivity index (χ4v) is 2.82. The number of nitrogens with zero attached hydrogens (tertiary/aromatic N) is 2. The van der Waals surface area contributed by atoms with Gasteiger partial charge in [-0.25, -0.2) is 0 Å². The third kappa shape index (κ3) is 2.72. The Morgan fingerprint density at radius 2 is 2.53 bits per heavy atom. The van der Waals surface area contributed by atoms with Gasteiger partial charge >= 0.3 is 0 Å². The van der Waals surface area contributed by atoms with E-state index in [9.17, 15) is 0 Å². The first-order valence-electron chi connectivity index (χ1n) is 5.41. The minimum atomic E-state index is 0.395. The molecule has 84 valence electrons. The number of aromatic nitrogens is 2. The van der Waals surface area contributed by atoms with Crippen molar-refractivity contribution < 1.29 is 4.52 Å². The van der Waals surface area contributed by atoms with Gasteiger partial charge in [-0.05, 0) is 32.6 Å². The summed E-state index contributed by atoms with van der Waals surface area (Å²) in [4.78, 5) is 4.44. The van der Waals surface area contributed by atoms with Crippen LogP contribution in [0, 0.1) is 0 Å². The van der Waals surface area contributed by atoms with E-state index in [2.05, 4.69) is 22.4 Å². The largest absolute Gasteiger partial charge is 0.338 e. The first-order chi connectivity index (χ1) is 7.29. The van der Waals surface area contributed by atoms with Gasteiger partial charge in [0.15, 0.2) is 5.82 Å². The van der Waals surface area contributed by atoms with Crippen molar-refractivity contribution in [2.45, 2.75) is 37.5 Å². The molecule has 15 heavy (non-hydrogen) atoms. The second kappa shape index (κ2) is 4.99. The van der Waals surface area contributed by atoms with Crippen LogP contribution in [0.5, 0.6) is 0 Å². The number of nitrogens with one attached hydrogen (secondary N) is 1. The molecule has 0 amide bonds. The molecule has 2 rings (SSSR count). The van der Waals surface area contributed by atoms with Crippen molar-refractivity contribution in [2.75, 3.05) is 12.8 Å². The predicted molar refractivity (Wildman–Crippen MR) is 61.0 cm³/mol. The van der Waals surface area contributed by atoms with Crippen LogP contribution in [0.3, 0.4) is 0 Å². The topological polar surface area (TPSA) is 51.0 Å². The van der Waals surface area contributed by atoms with Gasteiger partial charge in [-0.3, -0.25) is 0 Å². The summed E-state index contributed by atoms with van der Waals surface area (Å²) in [5.41, 5.74) is 0. The number of thioether (sulfide) groups is 1. The van der Waals surface area contributed by atoms with E-state index in [1.807, 2.05) is 18.8 Å². The van der Waals surface area contributed by atoms with Crippen molar-refractivity contribution in [2.24, 2.45) is 0 Å². The third-order valence-corrected chi connectivity index (χ3v) is 4.03. The van der Waals surface area contributed by atoms with Gasteiger partial charge in [0.05, 0.1) is 5.25 Å². The lowest BCUT2D eigenvalue weighted by Gasteiger charge is -2.04. The van der Waals surface area contributed by atoms with E-state index in [4.69, 9.17) is 4.52 Å². The molecule has 0 saturated carbocycles. The second-order valence-corrected chi connectivity index (χ2v) is 5.25. The SMILES string of the molecule is CNC(C)Cc1noc(C2CCCS2)n1. The summed E-state index contributed by atoms with van der Waals surface area (Å²) in [6.07, 6.45) is 3.27. The molecular formula is C10H17N3OS. The zero-order valence-corrected chi connectivity index (χ0v) is 10.0. The lowest BCUT2D eigenvalue weighted by atomic mass is 10.2. The molecule has 4 nitrogen and oxygen atoms in total. The zero-order chi connectivity index (χ0) is 10.7. The van der Waals surface area contributed by atoms with Crippen molar-refractivity contribution in [3.63, 3.8) is 0 Å². The molecule has 2 atom stereocenters. The van der Waals surface area contributed by atoms with Crippen LogP contribution in [0.15, 0.2) is 4.52 Å². The van der Waals surface area contributed by atoms with E-state index >= 15 is 0 Å². The maximum Gasteiger partial charge on any atom is 0.239 e. The molecule has 5 heteroatoms. The standard InChI is InChI=1S/C10H17N3OS/c1-7(11-2)6-9-12-10(14-13-9)8-4-3-5-15-8/h7-8,11H,3-6H2,1-2H3. The van der Waals surface area contributed by atoms with Crippen LogP contribution in [0.2, 0.25) is 0 Å². The second-order valence-electron chi connectivity index (χ2n) is 3.94. The van der Waals surface area contributed by atoms with Crippen LogP contribution >= 0.6 is 11.8 Å². The van der Waals surface area contributed by atoms with Gasteiger partial charge in [-0.2, -0.15) is 4.98 Å². The minimum Gasteiger partial charge on any atom is -0.338 e. The Hall–Kier alpha value is -0.550. The molecule has 2 unspecified atom stereocenters. The molecular weight excluding hydrogens is 210 g/mol. The maximum atomic E-state index is 5.28. The highest BCUT2D eigenvalue weighted by atomic mass is 32.2. The van der Waals surface area contributed by atoms with Crippen LogP contribution in [0.4, 0.5) is 0 Å². The summed E-state index contributed by atoms with van der Waals surface area (Å²) in [7, 11) is 1.94. The summed E-state index contributed by atoms with van der Waals surface area (Å²) in [5, 5.41) is 7.62. The molecule has 1 aliphatic rings. The Bertz CT molecular complexity index is 309. The highest BCUT2D eigenvalue weighted by Crippen LogP contribution is 2.38. The molecule has 0 aromatic carbocycles. The Labute approximate surface area is 94.2 Å². The van der Waals surface area contributed by atoms with Crippen LogP contribution in [0.25, 0.3) is 0 Å². The van der Waals surface area contributed by atoms with Crippen molar-refractivity contribution in [1.82, 2.24) is 15.5 Å². The van der Waals surface area contributed by atoms with E-state index < -0.39 is 0 Å². The average molecular weight is 227 g/mol. The monoisotopic (exact) mass is 227 g/mol. The van der Waals surface area contributed by atoms with Crippen LogP contribution in [-0.4, -0.2) is 29.0 Å². The average Bonchev–Trinajstić information content (AvgIpc) is 2.85. The first kappa shape index (κ1) is 11.0. The molecule has 0 aliphatic carbocycles. The van der Waals surface area contributed by atoms with Crippen molar-refractivity contribution in [1.29, 1.82) is 0 Å². The molecule has 1 saturated heterocycles. The van der Waals surface area contributed by atoms with E-state index in [1.54, 1.807) is 0 Å². The van der Waals surface area contributed by atoms with E-state index in [0.29, 0.717) is 11.3 Å². The summed E-state index contributed by atoms with van der Waals surface area (Å²) in [6, 6.07) is 0.395. The van der Waals surface area contributed by atoms with Crippen LogP contribution < -0.4 is 5.32 Å². The molecule has 1 aromatic rings. The van der Waals surface area contributed by atoms with Gasteiger partial charge in [0.25, 0.3) is 0 Å². The maximum absolute atomic E-state index is 5.28. The normalized spacial score (nSPS) is 23.2. The summed E-state index contributed by atoms with van der Waals surface area (Å²) in [5.74, 6) is 2.85. The first-order valence-corrected chi connectivity index (χ1v) is 6.46. The van der Waals surface area contributed by atoms with Crippen molar-refractivity contribution >= 4 is 11.8 Å². The lowest BCUT2D eigenvalue weighted by Crippen LogP contribution is -2.24. The quantitative estimate of drug-likeness (QED) is 0.850. The van der Waals surface area contributed by atoms with Crippen LogP contribution in [-0.2, 0) is 6.42 Å². The van der Waals surface area contributed by atoms with Crippen LogP contribution in [0.1, 0.15) is 36.7 Å².